The molecule has 0 saturated carbocycles. The first-order valence-electron chi connectivity index (χ1n) is 7.52. The van der Waals surface area contributed by atoms with Crippen molar-refractivity contribution in [3.05, 3.63) is 34.9 Å². The molecule has 0 saturated heterocycles. The number of benzene rings is 1. The van der Waals surface area contributed by atoms with Gasteiger partial charge in [-0.3, -0.25) is 0 Å². The monoisotopic (exact) mass is 260 g/mol. The fraction of sp³-hybridized carbons (Fsp3) is 0.647. The smallest absolute Gasteiger partial charge is 0.0384 e. The van der Waals surface area contributed by atoms with E-state index >= 15 is 0 Å². The van der Waals surface area contributed by atoms with Crippen molar-refractivity contribution >= 4 is 0 Å². The lowest BCUT2D eigenvalue weighted by Gasteiger charge is -2.35. The van der Waals surface area contributed by atoms with Gasteiger partial charge in [-0.2, -0.15) is 0 Å². The molecule has 1 aliphatic rings. The van der Waals surface area contributed by atoms with E-state index in [1.54, 1.807) is 11.1 Å². The van der Waals surface area contributed by atoms with Gasteiger partial charge in [-0.05, 0) is 68.4 Å². The molecule has 0 aromatic heterocycles. The summed E-state index contributed by atoms with van der Waals surface area (Å²) in [5, 5.41) is 0. The van der Waals surface area contributed by atoms with E-state index in [-0.39, 0.29) is 0 Å². The van der Waals surface area contributed by atoms with Crippen LogP contribution in [0, 0.1) is 11.8 Å². The van der Waals surface area contributed by atoms with Gasteiger partial charge in [0, 0.05) is 6.04 Å². The maximum atomic E-state index is 6.04. The summed E-state index contributed by atoms with van der Waals surface area (Å²) in [6.07, 6.45) is 3.82. The molecule has 1 aromatic rings. The van der Waals surface area contributed by atoms with E-state index in [1.165, 1.54) is 24.8 Å². The van der Waals surface area contributed by atoms with Gasteiger partial charge in [0.2, 0.25) is 0 Å². The maximum absolute atomic E-state index is 6.04. The summed E-state index contributed by atoms with van der Waals surface area (Å²) in [6.45, 7) is 5.31. The molecule has 2 nitrogen and oxygen atoms in total. The number of hydrogen-bond acceptors (Lipinski definition) is 2. The number of rotatable bonds is 5. The van der Waals surface area contributed by atoms with Crippen molar-refractivity contribution in [2.24, 2.45) is 17.6 Å². The Morgan fingerprint density at radius 3 is 2.42 bits per heavy atom. The zero-order chi connectivity index (χ0) is 14.0. The molecule has 19 heavy (non-hydrogen) atoms. The molecule has 2 atom stereocenters. The quantitative estimate of drug-likeness (QED) is 0.882. The van der Waals surface area contributed by atoms with Crippen molar-refractivity contribution in [1.82, 2.24) is 4.90 Å². The van der Waals surface area contributed by atoms with Crippen LogP contribution in [0.4, 0.5) is 0 Å². The molecule has 0 amide bonds. The van der Waals surface area contributed by atoms with Crippen LogP contribution in [0.25, 0.3) is 0 Å². The Kier molecular flexibility index (Phi) is 4.64. The van der Waals surface area contributed by atoms with E-state index in [4.69, 9.17) is 5.73 Å². The molecule has 0 aliphatic heterocycles. The van der Waals surface area contributed by atoms with Gasteiger partial charge >= 0.3 is 0 Å². The molecular weight excluding hydrogens is 232 g/mol. The molecule has 0 radical (unpaired) electrons. The van der Waals surface area contributed by atoms with E-state index in [0.29, 0.717) is 17.9 Å². The molecule has 106 valence electrons. The lowest BCUT2D eigenvalue weighted by Crippen LogP contribution is -2.35. The zero-order valence-corrected chi connectivity index (χ0v) is 12.8. The average Bonchev–Trinajstić information content (AvgIpc) is 2.81. The minimum atomic E-state index is 0.427. The lowest BCUT2D eigenvalue weighted by atomic mass is 9.83. The topological polar surface area (TPSA) is 29.3 Å². The minimum Gasteiger partial charge on any atom is -0.330 e. The van der Waals surface area contributed by atoms with Crippen molar-refractivity contribution in [1.29, 1.82) is 0 Å². The van der Waals surface area contributed by atoms with E-state index in [2.05, 4.69) is 51.0 Å². The van der Waals surface area contributed by atoms with Gasteiger partial charge in [0.15, 0.2) is 0 Å². The first kappa shape index (κ1) is 14.5. The van der Waals surface area contributed by atoms with Gasteiger partial charge in [-0.25, -0.2) is 0 Å². The fourth-order valence-electron chi connectivity index (χ4n) is 3.47. The maximum Gasteiger partial charge on any atom is 0.0384 e. The highest BCUT2D eigenvalue weighted by atomic mass is 15.1. The SMILES string of the molecule is CC(C)C(CN)C(c1ccc2c(c1)CCC2)N(C)C. The number of hydrogen-bond donors (Lipinski definition) is 1. The van der Waals surface area contributed by atoms with Crippen molar-refractivity contribution in [2.45, 2.75) is 39.2 Å². The van der Waals surface area contributed by atoms with E-state index < -0.39 is 0 Å². The third kappa shape index (κ3) is 3.01. The molecule has 2 heteroatoms. The second kappa shape index (κ2) is 6.06. The van der Waals surface area contributed by atoms with Gasteiger partial charge in [0.25, 0.3) is 0 Å². The molecule has 2 unspecified atom stereocenters. The largest absolute Gasteiger partial charge is 0.330 e. The predicted octanol–water partition coefficient (Wildman–Crippen LogP) is 3.01. The highest BCUT2D eigenvalue weighted by Gasteiger charge is 2.27. The summed E-state index contributed by atoms with van der Waals surface area (Å²) in [5.41, 5.74) is 10.6. The van der Waals surface area contributed by atoms with E-state index in [1.807, 2.05) is 0 Å². The first-order valence-corrected chi connectivity index (χ1v) is 7.52. The third-order valence-corrected chi connectivity index (χ3v) is 4.55. The third-order valence-electron chi connectivity index (χ3n) is 4.55. The molecular formula is C17H28N2. The number of fused-ring (bicyclic) bond motifs is 1. The van der Waals surface area contributed by atoms with Crippen molar-refractivity contribution < 1.29 is 0 Å². The average molecular weight is 260 g/mol. The Hall–Kier alpha value is -0.860. The Balaban J connectivity index is 2.33. The molecule has 0 bridgehead atoms. The van der Waals surface area contributed by atoms with Crippen LogP contribution in [-0.2, 0) is 12.8 Å². The van der Waals surface area contributed by atoms with Gasteiger partial charge in [0.1, 0.15) is 0 Å². The minimum absolute atomic E-state index is 0.427. The van der Waals surface area contributed by atoms with Gasteiger partial charge in [-0.15, -0.1) is 0 Å². The molecule has 0 heterocycles. The fourth-order valence-corrected chi connectivity index (χ4v) is 3.47. The molecule has 2 N–H and O–H groups in total. The van der Waals surface area contributed by atoms with Gasteiger partial charge in [-0.1, -0.05) is 32.0 Å². The lowest BCUT2D eigenvalue weighted by molar-refractivity contribution is 0.175. The zero-order valence-electron chi connectivity index (χ0n) is 12.8. The molecule has 1 aromatic carbocycles. The number of nitrogens with two attached hydrogens (primary N) is 1. The Bertz CT molecular complexity index is 423. The second-order valence-corrected chi connectivity index (χ2v) is 6.43. The highest BCUT2D eigenvalue weighted by molar-refractivity contribution is 5.36. The molecule has 2 rings (SSSR count). The molecule has 1 aliphatic carbocycles. The summed E-state index contributed by atoms with van der Waals surface area (Å²) in [4.78, 5) is 2.33. The summed E-state index contributed by atoms with van der Waals surface area (Å²) < 4.78 is 0. The first-order chi connectivity index (χ1) is 9.04. The standard InChI is InChI=1S/C17H28N2/c1-12(2)16(11-18)17(19(3)4)15-9-8-13-6-5-7-14(13)10-15/h8-10,12,16-17H,5-7,11,18H2,1-4H3. The van der Waals surface area contributed by atoms with Crippen LogP contribution < -0.4 is 5.73 Å². The second-order valence-electron chi connectivity index (χ2n) is 6.43. The van der Waals surface area contributed by atoms with E-state index in [0.717, 1.165) is 6.54 Å². The Morgan fingerprint density at radius 2 is 1.84 bits per heavy atom. The summed E-state index contributed by atoms with van der Waals surface area (Å²) >= 11 is 0. The highest BCUT2D eigenvalue weighted by Crippen LogP contribution is 2.34. The van der Waals surface area contributed by atoms with Crippen LogP contribution in [0.3, 0.4) is 0 Å². The van der Waals surface area contributed by atoms with E-state index in [9.17, 15) is 0 Å². The summed E-state index contributed by atoms with van der Waals surface area (Å²) in [6, 6.07) is 7.51. The summed E-state index contributed by atoms with van der Waals surface area (Å²) in [5.74, 6) is 1.11. The van der Waals surface area contributed by atoms with Crippen molar-refractivity contribution in [2.75, 3.05) is 20.6 Å². The molecule has 0 spiro atoms. The molecule has 0 fully saturated rings. The van der Waals surface area contributed by atoms with Gasteiger partial charge in [0.05, 0.1) is 0 Å². The summed E-state index contributed by atoms with van der Waals surface area (Å²) in [7, 11) is 4.34. The van der Waals surface area contributed by atoms with Crippen LogP contribution in [0.5, 0.6) is 0 Å². The Morgan fingerprint density at radius 1 is 1.16 bits per heavy atom. The van der Waals surface area contributed by atoms with Crippen molar-refractivity contribution in [3.63, 3.8) is 0 Å². The van der Waals surface area contributed by atoms with Crippen molar-refractivity contribution in [3.8, 4) is 0 Å². The van der Waals surface area contributed by atoms with Crippen LogP contribution >= 0.6 is 0 Å². The Labute approximate surface area is 118 Å². The van der Waals surface area contributed by atoms with Crippen LogP contribution in [-0.4, -0.2) is 25.5 Å². The van der Waals surface area contributed by atoms with Gasteiger partial charge < -0.3 is 10.6 Å². The normalized spacial score (nSPS) is 17.8. The number of aryl methyl sites for hydroxylation is 2. The van der Waals surface area contributed by atoms with Crippen LogP contribution in [0.15, 0.2) is 18.2 Å². The van der Waals surface area contributed by atoms with Crippen LogP contribution in [0.1, 0.15) is 43.0 Å². The number of nitrogens with zero attached hydrogens (tertiary/aromatic N) is 1. The van der Waals surface area contributed by atoms with Crippen LogP contribution in [0.2, 0.25) is 0 Å². The predicted molar refractivity (Wildman–Crippen MR) is 82.3 cm³/mol.